The molecule has 0 saturated heterocycles. The van der Waals surface area contributed by atoms with Crippen LogP contribution in [0.1, 0.15) is 4.11 Å². The Labute approximate surface area is 96.4 Å². The molecule has 0 atom stereocenters. The summed E-state index contributed by atoms with van der Waals surface area (Å²) in [7, 11) is -2.60. The lowest BCUT2D eigenvalue weighted by Gasteiger charge is -2.04. The van der Waals surface area contributed by atoms with E-state index in [2.05, 4.69) is 9.72 Å². The lowest BCUT2D eigenvalue weighted by Crippen LogP contribution is -1.88. The minimum Gasteiger partial charge on any atom is -0.508 e. The molecule has 0 aliphatic carbocycles. The van der Waals surface area contributed by atoms with Gasteiger partial charge >= 0.3 is 0 Å². The highest BCUT2D eigenvalue weighted by molar-refractivity contribution is 5.65. The van der Waals surface area contributed by atoms with Crippen molar-refractivity contribution in [1.29, 1.82) is 0 Å². The lowest BCUT2D eigenvalue weighted by molar-refractivity contribution is 0.398. The minimum absolute atomic E-state index is 0.0961. The third-order valence-corrected chi connectivity index (χ3v) is 2.06. The number of phenols is 1. The molecule has 0 unspecified atom stereocenters. The Morgan fingerprint density at radius 1 is 1.31 bits per heavy atom. The summed E-state index contributed by atoms with van der Waals surface area (Å²) in [6.07, 6.45) is 1.35. The quantitative estimate of drug-likeness (QED) is 0.849. The molecule has 3 nitrogen and oxygen atoms in total. The average Bonchev–Trinajstić information content (AvgIpc) is 2.25. The summed E-state index contributed by atoms with van der Waals surface area (Å²) in [4.78, 5) is 3.76. The molecule has 0 saturated carbocycles. The van der Waals surface area contributed by atoms with Gasteiger partial charge in [-0.05, 0) is 29.3 Å². The Kier molecular flexibility index (Phi) is 1.89. The molecule has 2 rings (SSSR count). The normalized spacial score (nSPS) is 13.7. The number of halogens is 1. The summed E-state index contributed by atoms with van der Waals surface area (Å²) in [6, 6.07) is 6.47. The molecule has 1 aromatic heterocycles. The molecule has 4 heteroatoms. The number of aromatic hydroxyl groups is 1. The smallest absolute Gasteiger partial charge is 0.213 e. The molecular weight excluding hydrogens is 209 g/mol. The third-order valence-electron chi connectivity index (χ3n) is 2.06. The standard InChI is InChI=1S/C12H10FNO2/c1-16-12-6-8(2-3-14-12)9-4-10(13)7-11(15)5-9/h2-7,15H,1H3/i1D3. The van der Waals surface area contributed by atoms with E-state index in [9.17, 15) is 9.50 Å². The van der Waals surface area contributed by atoms with Crippen LogP contribution in [0.25, 0.3) is 11.1 Å². The van der Waals surface area contributed by atoms with Crippen LogP contribution in [0.5, 0.6) is 11.6 Å². The molecule has 0 fully saturated rings. The van der Waals surface area contributed by atoms with E-state index in [1.54, 1.807) is 6.07 Å². The Hall–Kier alpha value is -2.10. The van der Waals surface area contributed by atoms with Crippen molar-refractivity contribution in [2.45, 2.75) is 0 Å². The number of benzene rings is 1. The van der Waals surface area contributed by atoms with E-state index in [0.29, 0.717) is 11.1 Å². The molecule has 0 aliphatic heterocycles. The second-order valence-corrected chi connectivity index (χ2v) is 3.18. The van der Waals surface area contributed by atoms with Crippen LogP contribution in [-0.4, -0.2) is 17.1 Å². The van der Waals surface area contributed by atoms with Crippen molar-refractivity contribution in [3.05, 3.63) is 42.3 Å². The monoisotopic (exact) mass is 222 g/mol. The molecule has 1 heterocycles. The van der Waals surface area contributed by atoms with Crippen molar-refractivity contribution < 1.29 is 18.3 Å². The van der Waals surface area contributed by atoms with Crippen LogP contribution in [0.2, 0.25) is 0 Å². The summed E-state index contributed by atoms with van der Waals surface area (Å²) in [6.45, 7) is 0. The van der Waals surface area contributed by atoms with Crippen LogP contribution in [0, 0.1) is 5.82 Å². The molecule has 0 radical (unpaired) electrons. The first-order valence-electron chi connectivity index (χ1n) is 5.98. The Bertz CT molecular complexity index is 582. The van der Waals surface area contributed by atoms with Gasteiger partial charge in [-0.2, -0.15) is 0 Å². The highest BCUT2D eigenvalue weighted by Crippen LogP contribution is 2.26. The zero-order valence-corrected chi connectivity index (χ0v) is 8.14. The van der Waals surface area contributed by atoms with E-state index < -0.39 is 12.9 Å². The number of pyridine rings is 1. The van der Waals surface area contributed by atoms with Crippen molar-refractivity contribution in [3.8, 4) is 22.8 Å². The highest BCUT2D eigenvalue weighted by atomic mass is 19.1. The van der Waals surface area contributed by atoms with Gasteiger partial charge < -0.3 is 9.84 Å². The molecule has 2 aromatic rings. The summed E-state index contributed by atoms with van der Waals surface area (Å²) in [5.41, 5.74) is 0.888. The van der Waals surface area contributed by atoms with Gasteiger partial charge in [0.25, 0.3) is 0 Å². The van der Waals surface area contributed by atoms with Gasteiger partial charge in [0.1, 0.15) is 11.6 Å². The van der Waals surface area contributed by atoms with Crippen molar-refractivity contribution in [3.63, 3.8) is 0 Å². The largest absolute Gasteiger partial charge is 0.508 e. The fourth-order valence-electron chi connectivity index (χ4n) is 1.39. The molecule has 16 heavy (non-hydrogen) atoms. The first kappa shape index (κ1) is 7.22. The number of hydrogen-bond acceptors (Lipinski definition) is 3. The Balaban J connectivity index is 2.37. The van der Waals surface area contributed by atoms with Gasteiger partial charge in [0.2, 0.25) is 5.88 Å². The molecule has 0 amide bonds. The predicted molar refractivity (Wildman–Crippen MR) is 57.8 cm³/mol. The Morgan fingerprint density at radius 2 is 2.19 bits per heavy atom. The predicted octanol–water partition coefficient (Wildman–Crippen LogP) is 2.60. The molecular formula is C12H10FNO2. The highest BCUT2D eigenvalue weighted by Gasteiger charge is 2.04. The number of aromatic nitrogens is 1. The molecule has 1 aromatic carbocycles. The van der Waals surface area contributed by atoms with Crippen LogP contribution in [-0.2, 0) is 0 Å². The maximum atomic E-state index is 13.2. The first-order chi connectivity index (χ1) is 8.83. The summed E-state index contributed by atoms with van der Waals surface area (Å²) in [5.74, 6) is -0.906. The van der Waals surface area contributed by atoms with Crippen LogP contribution in [0.4, 0.5) is 4.39 Å². The molecule has 82 valence electrons. The molecule has 0 spiro atoms. The first-order valence-corrected chi connectivity index (χ1v) is 4.48. The molecule has 0 bridgehead atoms. The third kappa shape index (κ3) is 2.11. The SMILES string of the molecule is [2H]C([2H])([2H])Oc1cc(-c2cc(O)cc(F)c2)ccn1. The fraction of sp³-hybridized carbons (Fsp3) is 0.0833. The summed E-state index contributed by atoms with van der Waals surface area (Å²) < 4.78 is 38.8. The minimum atomic E-state index is -2.60. The number of ether oxygens (including phenoxy) is 1. The van der Waals surface area contributed by atoms with E-state index in [0.717, 1.165) is 6.07 Å². The zero-order valence-electron chi connectivity index (χ0n) is 11.1. The van der Waals surface area contributed by atoms with Crippen LogP contribution in [0.3, 0.4) is 0 Å². The lowest BCUT2D eigenvalue weighted by atomic mass is 10.1. The summed E-state index contributed by atoms with van der Waals surface area (Å²) in [5, 5.41) is 9.33. The van der Waals surface area contributed by atoms with Gasteiger partial charge in [0, 0.05) is 18.3 Å². The van der Waals surface area contributed by atoms with E-state index in [-0.39, 0.29) is 11.6 Å². The van der Waals surface area contributed by atoms with E-state index in [1.165, 1.54) is 24.4 Å². The average molecular weight is 222 g/mol. The second kappa shape index (κ2) is 4.18. The fourth-order valence-corrected chi connectivity index (χ4v) is 1.39. The van der Waals surface area contributed by atoms with Gasteiger partial charge in [-0.3, -0.25) is 0 Å². The number of rotatable bonds is 2. The van der Waals surface area contributed by atoms with Gasteiger partial charge in [0.15, 0.2) is 0 Å². The summed E-state index contributed by atoms with van der Waals surface area (Å²) >= 11 is 0. The molecule has 1 N–H and O–H groups in total. The van der Waals surface area contributed by atoms with Gasteiger partial charge in [-0.15, -0.1) is 0 Å². The van der Waals surface area contributed by atoms with Gasteiger partial charge in [-0.25, -0.2) is 9.37 Å². The van der Waals surface area contributed by atoms with Gasteiger partial charge in [0.05, 0.1) is 11.2 Å². The van der Waals surface area contributed by atoms with Crippen molar-refractivity contribution in [2.75, 3.05) is 7.04 Å². The number of methoxy groups -OCH3 is 1. The van der Waals surface area contributed by atoms with E-state index in [1.807, 2.05) is 0 Å². The second-order valence-electron chi connectivity index (χ2n) is 3.18. The van der Waals surface area contributed by atoms with Crippen molar-refractivity contribution in [2.24, 2.45) is 0 Å². The van der Waals surface area contributed by atoms with Gasteiger partial charge in [-0.1, -0.05) is 0 Å². The topological polar surface area (TPSA) is 42.4 Å². The van der Waals surface area contributed by atoms with E-state index in [4.69, 9.17) is 4.11 Å². The number of hydrogen-bond donors (Lipinski definition) is 1. The maximum absolute atomic E-state index is 13.2. The van der Waals surface area contributed by atoms with Crippen molar-refractivity contribution in [1.82, 2.24) is 4.98 Å². The molecule has 0 aliphatic rings. The number of phenolic OH excluding ortho intramolecular Hbond substituents is 1. The van der Waals surface area contributed by atoms with Crippen LogP contribution < -0.4 is 4.74 Å². The van der Waals surface area contributed by atoms with Crippen LogP contribution in [0.15, 0.2) is 36.5 Å². The Morgan fingerprint density at radius 3 is 2.94 bits per heavy atom. The number of nitrogens with zero attached hydrogens (tertiary/aromatic N) is 1. The van der Waals surface area contributed by atoms with E-state index >= 15 is 0 Å². The maximum Gasteiger partial charge on any atom is 0.213 e. The van der Waals surface area contributed by atoms with Crippen molar-refractivity contribution >= 4 is 0 Å². The van der Waals surface area contributed by atoms with Crippen LogP contribution >= 0.6 is 0 Å². The zero-order chi connectivity index (χ0) is 14.0.